The SMILES string of the molecule is Nc1cnc(N)c(C(F)F)c1CCl. The molecule has 0 atom stereocenters. The number of halogens is 3. The van der Waals surface area contributed by atoms with Crippen LogP contribution in [0.2, 0.25) is 0 Å². The molecule has 13 heavy (non-hydrogen) atoms. The summed E-state index contributed by atoms with van der Waals surface area (Å²) in [6, 6.07) is 0. The molecule has 0 fully saturated rings. The van der Waals surface area contributed by atoms with Crippen LogP contribution in [-0.4, -0.2) is 4.98 Å². The molecular weight excluding hydrogens is 200 g/mol. The third kappa shape index (κ3) is 1.80. The first-order valence-corrected chi connectivity index (χ1v) is 3.98. The van der Waals surface area contributed by atoms with Gasteiger partial charge in [-0.05, 0) is 0 Å². The van der Waals surface area contributed by atoms with Gasteiger partial charge in [0.05, 0.1) is 23.3 Å². The van der Waals surface area contributed by atoms with E-state index in [4.69, 9.17) is 23.1 Å². The summed E-state index contributed by atoms with van der Waals surface area (Å²) in [6.07, 6.45) is -1.48. The fourth-order valence-corrected chi connectivity index (χ4v) is 1.29. The molecular formula is C7H8ClF2N3. The third-order valence-electron chi connectivity index (χ3n) is 1.64. The van der Waals surface area contributed by atoms with Crippen molar-refractivity contribution in [3.63, 3.8) is 0 Å². The molecule has 0 saturated heterocycles. The van der Waals surface area contributed by atoms with Crippen LogP contribution in [0.3, 0.4) is 0 Å². The van der Waals surface area contributed by atoms with Crippen LogP contribution in [0.25, 0.3) is 0 Å². The van der Waals surface area contributed by atoms with Crippen molar-refractivity contribution in [1.29, 1.82) is 0 Å². The molecule has 0 radical (unpaired) electrons. The monoisotopic (exact) mass is 207 g/mol. The molecule has 0 spiro atoms. The molecule has 0 aliphatic carbocycles. The van der Waals surface area contributed by atoms with E-state index >= 15 is 0 Å². The molecule has 72 valence electrons. The maximum Gasteiger partial charge on any atom is 0.267 e. The third-order valence-corrected chi connectivity index (χ3v) is 1.91. The molecule has 1 rings (SSSR count). The lowest BCUT2D eigenvalue weighted by molar-refractivity contribution is 0.151. The summed E-state index contributed by atoms with van der Waals surface area (Å²) < 4.78 is 24.8. The minimum Gasteiger partial charge on any atom is -0.397 e. The van der Waals surface area contributed by atoms with Gasteiger partial charge in [-0.1, -0.05) is 0 Å². The van der Waals surface area contributed by atoms with Crippen LogP contribution >= 0.6 is 11.6 Å². The Morgan fingerprint density at radius 2 is 2.08 bits per heavy atom. The maximum absolute atomic E-state index is 12.4. The second-order valence-electron chi connectivity index (χ2n) is 2.43. The lowest BCUT2D eigenvalue weighted by Gasteiger charge is -2.10. The Kier molecular flexibility index (Phi) is 2.87. The van der Waals surface area contributed by atoms with Gasteiger partial charge in [-0.2, -0.15) is 0 Å². The highest BCUT2D eigenvalue weighted by molar-refractivity contribution is 6.17. The van der Waals surface area contributed by atoms with Crippen molar-refractivity contribution in [2.24, 2.45) is 0 Å². The van der Waals surface area contributed by atoms with Gasteiger partial charge in [0.1, 0.15) is 5.82 Å². The highest BCUT2D eigenvalue weighted by Crippen LogP contribution is 2.31. The number of aromatic nitrogens is 1. The molecule has 0 aliphatic rings. The van der Waals surface area contributed by atoms with Crippen molar-refractivity contribution in [2.75, 3.05) is 11.5 Å². The lowest BCUT2D eigenvalue weighted by Crippen LogP contribution is -2.05. The van der Waals surface area contributed by atoms with E-state index < -0.39 is 6.43 Å². The second kappa shape index (κ2) is 3.74. The van der Waals surface area contributed by atoms with Crippen molar-refractivity contribution in [1.82, 2.24) is 4.98 Å². The Bertz CT molecular complexity index is 317. The standard InChI is InChI=1S/C7H8ClF2N3/c8-1-3-4(11)2-13-7(12)5(3)6(9)10/h2,6H,1,11H2,(H2,12,13). The quantitative estimate of drug-likeness (QED) is 0.729. The Labute approximate surface area is 78.7 Å². The fourth-order valence-electron chi connectivity index (χ4n) is 0.989. The normalized spacial score (nSPS) is 10.8. The van der Waals surface area contributed by atoms with Crippen molar-refractivity contribution in [2.45, 2.75) is 12.3 Å². The number of hydrogen-bond acceptors (Lipinski definition) is 3. The smallest absolute Gasteiger partial charge is 0.267 e. The molecule has 4 N–H and O–H groups in total. The van der Waals surface area contributed by atoms with Crippen molar-refractivity contribution >= 4 is 23.1 Å². The summed E-state index contributed by atoms with van der Waals surface area (Å²) in [4.78, 5) is 3.52. The van der Waals surface area contributed by atoms with Crippen LogP contribution in [0.15, 0.2) is 6.20 Å². The number of hydrogen-bond donors (Lipinski definition) is 2. The molecule has 1 aromatic rings. The molecule has 0 aliphatic heterocycles. The highest BCUT2D eigenvalue weighted by atomic mass is 35.5. The van der Waals surface area contributed by atoms with Crippen LogP contribution in [0.4, 0.5) is 20.3 Å². The zero-order valence-electron chi connectivity index (χ0n) is 6.60. The Morgan fingerprint density at radius 1 is 1.46 bits per heavy atom. The van der Waals surface area contributed by atoms with E-state index in [0.717, 1.165) is 0 Å². The van der Waals surface area contributed by atoms with Gasteiger partial charge in [0.25, 0.3) is 6.43 Å². The Hall–Kier alpha value is -1.10. The number of nitrogens with zero attached hydrogens (tertiary/aromatic N) is 1. The van der Waals surface area contributed by atoms with Crippen LogP contribution in [0.5, 0.6) is 0 Å². The van der Waals surface area contributed by atoms with Crippen molar-refractivity contribution in [3.05, 3.63) is 17.3 Å². The van der Waals surface area contributed by atoms with Gasteiger partial charge >= 0.3 is 0 Å². The largest absolute Gasteiger partial charge is 0.397 e. The Balaban J connectivity index is 3.35. The highest BCUT2D eigenvalue weighted by Gasteiger charge is 2.19. The Morgan fingerprint density at radius 3 is 2.46 bits per heavy atom. The summed E-state index contributed by atoms with van der Waals surface area (Å²) in [6.45, 7) is 0. The molecule has 0 unspecified atom stereocenters. The second-order valence-corrected chi connectivity index (χ2v) is 2.69. The van der Waals surface area contributed by atoms with Crippen molar-refractivity contribution < 1.29 is 8.78 Å². The lowest BCUT2D eigenvalue weighted by atomic mass is 10.1. The van der Waals surface area contributed by atoms with E-state index in [1.54, 1.807) is 0 Å². The van der Waals surface area contributed by atoms with Gasteiger partial charge in [0.15, 0.2) is 0 Å². The summed E-state index contributed by atoms with van der Waals surface area (Å²) >= 11 is 5.46. The van der Waals surface area contributed by atoms with E-state index in [1.165, 1.54) is 6.20 Å². The van der Waals surface area contributed by atoms with Crippen LogP contribution < -0.4 is 11.5 Å². The minimum atomic E-state index is -2.70. The van der Waals surface area contributed by atoms with Gasteiger partial charge in [0, 0.05) is 5.56 Å². The van der Waals surface area contributed by atoms with Crippen LogP contribution in [-0.2, 0) is 5.88 Å². The number of nitrogens with two attached hydrogens (primary N) is 2. The average molecular weight is 208 g/mol. The molecule has 0 bridgehead atoms. The number of anilines is 2. The molecule has 1 heterocycles. The first-order valence-electron chi connectivity index (χ1n) is 3.44. The molecule has 1 aromatic heterocycles. The van der Waals surface area contributed by atoms with Gasteiger partial charge in [-0.25, -0.2) is 13.8 Å². The van der Waals surface area contributed by atoms with Gasteiger partial charge in [-0.15, -0.1) is 11.6 Å². The van der Waals surface area contributed by atoms with E-state index in [1.807, 2.05) is 0 Å². The first-order chi connectivity index (χ1) is 6.07. The van der Waals surface area contributed by atoms with E-state index in [2.05, 4.69) is 4.98 Å². The minimum absolute atomic E-state index is 0.0990. The van der Waals surface area contributed by atoms with E-state index in [0.29, 0.717) is 0 Å². The van der Waals surface area contributed by atoms with E-state index in [9.17, 15) is 8.78 Å². The van der Waals surface area contributed by atoms with Crippen LogP contribution in [0, 0.1) is 0 Å². The summed E-state index contributed by atoms with van der Waals surface area (Å²) in [7, 11) is 0. The van der Waals surface area contributed by atoms with E-state index in [-0.39, 0.29) is 28.5 Å². The van der Waals surface area contributed by atoms with Gasteiger partial charge in [0.2, 0.25) is 0 Å². The number of alkyl halides is 3. The number of rotatable bonds is 2. The molecule has 0 amide bonds. The molecule has 6 heteroatoms. The predicted molar refractivity (Wildman–Crippen MR) is 47.6 cm³/mol. The topological polar surface area (TPSA) is 64.9 Å². The summed E-state index contributed by atoms with van der Waals surface area (Å²) in [5.74, 6) is -0.321. The average Bonchev–Trinajstić information content (AvgIpc) is 2.07. The van der Waals surface area contributed by atoms with Crippen molar-refractivity contribution in [3.8, 4) is 0 Å². The first kappa shape index (κ1) is 9.98. The molecule has 0 aromatic carbocycles. The summed E-state index contributed by atoms with van der Waals surface area (Å²) in [5.41, 5.74) is 10.6. The summed E-state index contributed by atoms with van der Waals surface area (Å²) in [5, 5.41) is 0. The van der Waals surface area contributed by atoms with Crippen LogP contribution in [0.1, 0.15) is 17.6 Å². The molecule has 3 nitrogen and oxygen atoms in total. The molecule has 0 saturated carbocycles. The zero-order chi connectivity index (χ0) is 10.0. The maximum atomic E-state index is 12.4. The predicted octanol–water partition coefficient (Wildman–Crippen LogP) is 1.92. The number of nitrogen functional groups attached to an aromatic ring is 2. The van der Waals surface area contributed by atoms with Gasteiger partial charge < -0.3 is 11.5 Å². The fraction of sp³-hybridized carbons (Fsp3) is 0.286. The zero-order valence-corrected chi connectivity index (χ0v) is 7.35. The van der Waals surface area contributed by atoms with Gasteiger partial charge in [-0.3, -0.25) is 0 Å². The number of pyridine rings is 1.